The van der Waals surface area contributed by atoms with Crippen molar-refractivity contribution in [2.45, 2.75) is 12.5 Å². The van der Waals surface area contributed by atoms with Gasteiger partial charge in [0.05, 0.1) is 0 Å². The first-order valence-electron chi connectivity index (χ1n) is 3.24. The van der Waals surface area contributed by atoms with Crippen LogP contribution < -0.4 is 0 Å². The summed E-state index contributed by atoms with van der Waals surface area (Å²) in [5.74, 6) is 0. The lowest BCUT2D eigenvalue weighted by Gasteiger charge is -2.39. The summed E-state index contributed by atoms with van der Waals surface area (Å²) in [4.78, 5) is 4.38. The Balaban J connectivity index is 4.01. The van der Waals surface area contributed by atoms with Crippen LogP contribution in [0.5, 0.6) is 0 Å². The van der Waals surface area contributed by atoms with Crippen molar-refractivity contribution in [3.8, 4) is 0 Å². The van der Waals surface area contributed by atoms with Crippen LogP contribution in [0.3, 0.4) is 0 Å². The van der Waals surface area contributed by atoms with Crippen LogP contribution in [0.25, 0.3) is 0 Å². The Morgan fingerprint density at radius 2 is 1.22 bits per heavy atom. The monoisotopic (exact) mass is 128 g/mol. The number of hydrogen-bond acceptors (Lipinski definition) is 2. The van der Waals surface area contributed by atoms with Crippen LogP contribution in [-0.2, 0) is 0 Å². The van der Waals surface area contributed by atoms with Crippen molar-refractivity contribution < 1.29 is 0 Å². The van der Waals surface area contributed by atoms with Crippen LogP contribution in [0.2, 0.25) is 0 Å². The molecule has 0 aliphatic carbocycles. The van der Waals surface area contributed by atoms with E-state index >= 15 is 0 Å². The topological polar surface area (TPSA) is 6.48 Å². The van der Waals surface area contributed by atoms with Gasteiger partial charge in [0.1, 0.15) is 7.85 Å². The minimum atomic E-state index is 0.167. The summed E-state index contributed by atoms with van der Waals surface area (Å²) < 4.78 is 0. The number of rotatable bonds is 2. The first kappa shape index (κ1) is 8.98. The summed E-state index contributed by atoms with van der Waals surface area (Å²) in [6.07, 6.45) is 0. The molecular weight excluding hydrogens is 111 g/mol. The molecule has 0 aliphatic rings. The van der Waals surface area contributed by atoms with E-state index in [-0.39, 0.29) is 5.56 Å². The summed E-state index contributed by atoms with van der Waals surface area (Å²) in [6, 6.07) is 0. The van der Waals surface area contributed by atoms with E-state index in [4.69, 9.17) is 0 Å². The second kappa shape index (κ2) is 2.71. The SMILES string of the molecule is BC(C)(N(C)C)N(C)C. The molecule has 0 N–H and O–H groups in total. The molecule has 54 valence electrons. The van der Waals surface area contributed by atoms with E-state index < -0.39 is 0 Å². The van der Waals surface area contributed by atoms with E-state index in [1.807, 2.05) is 0 Å². The zero-order chi connectivity index (χ0) is 7.65. The lowest BCUT2D eigenvalue weighted by molar-refractivity contribution is 0.103. The fraction of sp³-hybridized carbons (Fsp3) is 1.00. The van der Waals surface area contributed by atoms with E-state index in [0.29, 0.717) is 0 Å². The number of nitrogens with zero attached hydrogens (tertiary/aromatic N) is 2. The molecule has 0 saturated heterocycles. The number of hydrogen-bond donors (Lipinski definition) is 0. The molecule has 0 rings (SSSR count). The molecule has 0 aromatic carbocycles. The maximum Gasteiger partial charge on any atom is 0.146 e. The largest absolute Gasteiger partial charge is 0.299 e. The highest BCUT2D eigenvalue weighted by Gasteiger charge is 2.21. The van der Waals surface area contributed by atoms with Crippen molar-refractivity contribution >= 4 is 7.85 Å². The molecule has 0 saturated carbocycles. The van der Waals surface area contributed by atoms with E-state index in [9.17, 15) is 0 Å². The Labute approximate surface area is 59.2 Å². The molecular formula is C6H17BN2. The van der Waals surface area contributed by atoms with Crippen molar-refractivity contribution in [1.82, 2.24) is 9.80 Å². The molecule has 0 unspecified atom stereocenters. The average Bonchev–Trinajstić information content (AvgIpc) is 1.65. The van der Waals surface area contributed by atoms with Crippen molar-refractivity contribution in [2.24, 2.45) is 0 Å². The van der Waals surface area contributed by atoms with Crippen molar-refractivity contribution in [3.63, 3.8) is 0 Å². The van der Waals surface area contributed by atoms with Gasteiger partial charge in [-0.15, -0.1) is 0 Å². The van der Waals surface area contributed by atoms with Gasteiger partial charge >= 0.3 is 0 Å². The van der Waals surface area contributed by atoms with Crippen LogP contribution in [-0.4, -0.2) is 51.4 Å². The van der Waals surface area contributed by atoms with Gasteiger partial charge in [0, 0.05) is 5.56 Å². The maximum absolute atomic E-state index is 2.19. The zero-order valence-electron chi connectivity index (χ0n) is 7.39. The minimum Gasteiger partial charge on any atom is -0.299 e. The molecule has 0 aromatic rings. The molecule has 0 aromatic heterocycles. The Morgan fingerprint density at radius 3 is 1.22 bits per heavy atom. The minimum absolute atomic E-state index is 0.167. The van der Waals surface area contributed by atoms with Gasteiger partial charge in [-0.05, 0) is 35.1 Å². The molecule has 0 aliphatic heterocycles. The van der Waals surface area contributed by atoms with Crippen LogP contribution in [0.1, 0.15) is 6.92 Å². The van der Waals surface area contributed by atoms with E-state index in [0.717, 1.165) is 0 Å². The van der Waals surface area contributed by atoms with E-state index in [2.05, 4.69) is 52.8 Å². The molecule has 0 fully saturated rings. The molecule has 0 bridgehead atoms. The Kier molecular flexibility index (Phi) is 2.71. The van der Waals surface area contributed by atoms with Gasteiger partial charge in [0.25, 0.3) is 0 Å². The van der Waals surface area contributed by atoms with Gasteiger partial charge in [0.15, 0.2) is 0 Å². The molecule has 0 spiro atoms. The molecule has 0 amide bonds. The normalized spacial score (nSPS) is 13.2. The summed E-state index contributed by atoms with van der Waals surface area (Å²) in [7, 11) is 10.5. The van der Waals surface area contributed by atoms with Crippen LogP contribution in [0.4, 0.5) is 0 Å². The second-order valence-electron chi connectivity index (χ2n) is 3.28. The van der Waals surface area contributed by atoms with Crippen LogP contribution in [0, 0.1) is 0 Å². The van der Waals surface area contributed by atoms with E-state index in [1.165, 1.54) is 0 Å². The van der Waals surface area contributed by atoms with Gasteiger partial charge in [-0.3, -0.25) is 9.80 Å². The van der Waals surface area contributed by atoms with Crippen molar-refractivity contribution in [2.75, 3.05) is 28.2 Å². The summed E-state index contributed by atoms with van der Waals surface area (Å²) in [5, 5.41) is 0. The van der Waals surface area contributed by atoms with Crippen molar-refractivity contribution in [1.29, 1.82) is 0 Å². The molecule has 3 heteroatoms. The Morgan fingerprint density at radius 1 is 1.00 bits per heavy atom. The third-order valence-corrected chi connectivity index (χ3v) is 2.19. The highest BCUT2D eigenvalue weighted by molar-refractivity contribution is 6.14. The predicted molar refractivity (Wildman–Crippen MR) is 44.3 cm³/mol. The van der Waals surface area contributed by atoms with E-state index in [1.54, 1.807) is 0 Å². The Hall–Kier alpha value is -0.0151. The predicted octanol–water partition coefficient (Wildman–Crippen LogP) is -0.584. The maximum atomic E-state index is 2.19. The average molecular weight is 128 g/mol. The van der Waals surface area contributed by atoms with Crippen molar-refractivity contribution in [3.05, 3.63) is 0 Å². The standard InChI is InChI=1S/C6H17BN2/c1-6(7,8(2)3)9(4)5/h7H2,1-5H3. The second-order valence-corrected chi connectivity index (χ2v) is 3.28. The summed E-state index contributed by atoms with van der Waals surface area (Å²) in [5.41, 5.74) is 0.167. The molecule has 0 heterocycles. The van der Waals surface area contributed by atoms with Gasteiger partial charge in [-0.25, -0.2) is 0 Å². The molecule has 9 heavy (non-hydrogen) atoms. The quantitative estimate of drug-likeness (QED) is 0.362. The highest BCUT2D eigenvalue weighted by Crippen LogP contribution is 2.07. The fourth-order valence-electron chi connectivity index (χ4n) is 0.400. The van der Waals surface area contributed by atoms with Crippen LogP contribution in [0.15, 0.2) is 0 Å². The van der Waals surface area contributed by atoms with Gasteiger partial charge in [-0.2, -0.15) is 0 Å². The first-order valence-corrected chi connectivity index (χ1v) is 3.24. The lowest BCUT2D eigenvalue weighted by Crippen LogP contribution is -2.53. The van der Waals surface area contributed by atoms with Gasteiger partial charge < -0.3 is 0 Å². The third-order valence-electron chi connectivity index (χ3n) is 2.19. The fourth-order valence-corrected chi connectivity index (χ4v) is 0.400. The summed E-state index contributed by atoms with van der Waals surface area (Å²) >= 11 is 0. The molecule has 0 atom stereocenters. The van der Waals surface area contributed by atoms with Gasteiger partial charge in [0.2, 0.25) is 0 Å². The Bertz CT molecular complexity index is 79.1. The summed E-state index contributed by atoms with van der Waals surface area (Å²) in [6.45, 7) is 2.19. The highest BCUT2D eigenvalue weighted by atomic mass is 15.3. The smallest absolute Gasteiger partial charge is 0.146 e. The van der Waals surface area contributed by atoms with Crippen LogP contribution >= 0.6 is 0 Å². The third kappa shape index (κ3) is 1.99. The lowest BCUT2D eigenvalue weighted by atomic mass is 9.87. The first-order chi connectivity index (χ1) is 3.89. The molecule has 0 radical (unpaired) electrons. The zero-order valence-corrected chi connectivity index (χ0v) is 7.39. The van der Waals surface area contributed by atoms with Gasteiger partial charge in [-0.1, -0.05) is 0 Å². The molecule has 2 nitrogen and oxygen atoms in total.